The van der Waals surface area contributed by atoms with Crippen LogP contribution in [0.3, 0.4) is 0 Å². The fourth-order valence-electron chi connectivity index (χ4n) is 7.21. The summed E-state index contributed by atoms with van der Waals surface area (Å²) in [6.45, 7) is -4.19. The fourth-order valence-corrected chi connectivity index (χ4v) is 14.2. The SMILES string of the molecule is B[C@H]1C[C@@H](OP(=O)(OC[C@H]2O[C@@H](n3cc(C)c(=O)[nH]c3=O)C[C@H]2C)Sc2ccccc2)[C@@H](COP(=O)(O[C@@H]2C[C@H](n3cc(C)c(=O)[nH]c3=O)O[C@@H]2CO)Sc2ccccc2)O1. The van der Waals surface area contributed by atoms with Gasteiger partial charge in [0.05, 0.1) is 32.0 Å². The highest BCUT2D eigenvalue weighted by atomic mass is 32.7. The molecule has 3 N–H and O–H groups in total. The molecule has 0 amide bonds. The summed E-state index contributed by atoms with van der Waals surface area (Å²) < 4.78 is 75.4. The number of aromatic nitrogens is 4. The van der Waals surface area contributed by atoms with E-state index in [2.05, 4.69) is 9.97 Å². The first-order valence-electron chi connectivity index (χ1n) is 19.7. The lowest BCUT2D eigenvalue weighted by atomic mass is 9.96. The van der Waals surface area contributed by atoms with Crippen molar-refractivity contribution in [1.29, 1.82) is 0 Å². The van der Waals surface area contributed by atoms with Gasteiger partial charge in [-0.1, -0.05) is 43.3 Å². The van der Waals surface area contributed by atoms with Crippen LogP contribution in [0.2, 0.25) is 0 Å². The smallest absolute Gasteiger partial charge is 0.394 e. The molecular weight excluding hydrogens is 873 g/mol. The van der Waals surface area contributed by atoms with Crippen LogP contribution >= 0.6 is 36.4 Å². The standard InChI is InChI=1S/C38H47BN4O14P2S2/c1-22-14-33(42-17-23(2)35(45)40-37(42)47)55-30(22)20-51-58(49,60-25-10-6-4-7-11-25)56-27-15-32(39)53-31(27)21-52-59(50,61-26-12-8-5-9-13-26)57-28-16-34(54-29(28)19-44)43-18-24(3)36(46)41-38(43)48/h4-13,17-18,22,27-34,44H,14-16,19-21,39H2,1-3H3,(H,40,45,47)(H,41,46,48)/t22-,27-,28-,29-,30-,31-,32-,33-,34-,58?,59?/m1/s1. The highest BCUT2D eigenvalue weighted by molar-refractivity contribution is 8.55. The van der Waals surface area contributed by atoms with Crippen molar-refractivity contribution in [1.82, 2.24) is 19.1 Å². The third kappa shape index (κ3) is 11.3. The molecule has 328 valence electrons. The Morgan fingerprint density at radius 3 is 1.67 bits per heavy atom. The number of aliphatic hydroxyl groups excluding tert-OH is 1. The molecule has 3 fully saturated rings. The topological polar surface area (TPSA) is 229 Å². The zero-order valence-electron chi connectivity index (χ0n) is 33.7. The van der Waals surface area contributed by atoms with Gasteiger partial charge in [-0.2, -0.15) is 0 Å². The lowest BCUT2D eigenvalue weighted by molar-refractivity contribution is -0.0449. The van der Waals surface area contributed by atoms with Gasteiger partial charge >= 0.3 is 25.0 Å². The lowest BCUT2D eigenvalue weighted by Gasteiger charge is -2.28. The maximum atomic E-state index is 14.8. The normalized spacial score (nSPS) is 28.4. The molecule has 3 aliphatic heterocycles. The van der Waals surface area contributed by atoms with E-state index in [1.807, 2.05) is 20.8 Å². The molecule has 2 aromatic heterocycles. The molecule has 5 heterocycles. The van der Waals surface area contributed by atoms with Crippen molar-refractivity contribution < 1.29 is 46.5 Å². The van der Waals surface area contributed by atoms with Gasteiger partial charge in [0.1, 0.15) is 38.6 Å². The van der Waals surface area contributed by atoms with E-state index in [4.69, 9.17) is 32.3 Å². The Kier molecular flexibility index (Phi) is 14.7. The van der Waals surface area contributed by atoms with Crippen LogP contribution in [0.25, 0.3) is 0 Å². The van der Waals surface area contributed by atoms with Crippen molar-refractivity contribution >= 4 is 44.2 Å². The summed E-state index contributed by atoms with van der Waals surface area (Å²) in [5.74, 6) is -0.126. The van der Waals surface area contributed by atoms with Crippen LogP contribution in [-0.2, 0) is 41.4 Å². The summed E-state index contributed by atoms with van der Waals surface area (Å²) in [7, 11) is 1.82. The van der Waals surface area contributed by atoms with Crippen LogP contribution in [-0.4, -0.2) is 88.4 Å². The fraction of sp³-hybridized carbons (Fsp3) is 0.474. The Bertz CT molecular complexity index is 2490. The summed E-state index contributed by atoms with van der Waals surface area (Å²) in [6.07, 6.45) is -2.45. The number of aryl methyl sites for hydroxylation is 2. The minimum Gasteiger partial charge on any atom is -0.394 e. The molecule has 4 aromatic rings. The average Bonchev–Trinajstić information content (AvgIpc) is 3.91. The summed E-state index contributed by atoms with van der Waals surface area (Å²) in [4.78, 5) is 55.0. The van der Waals surface area contributed by atoms with Crippen LogP contribution < -0.4 is 22.5 Å². The van der Waals surface area contributed by atoms with Gasteiger partial charge in [-0.15, -0.1) is 0 Å². The van der Waals surface area contributed by atoms with E-state index in [0.717, 1.165) is 22.8 Å². The Hall–Kier alpha value is -3.30. The van der Waals surface area contributed by atoms with Crippen molar-refractivity contribution in [2.75, 3.05) is 19.8 Å². The van der Waals surface area contributed by atoms with Crippen LogP contribution in [0.15, 0.2) is 102 Å². The third-order valence-electron chi connectivity index (χ3n) is 10.4. The number of benzene rings is 2. The van der Waals surface area contributed by atoms with Gasteiger partial charge in [-0.3, -0.25) is 46.8 Å². The van der Waals surface area contributed by atoms with Crippen LogP contribution in [0, 0.1) is 19.8 Å². The van der Waals surface area contributed by atoms with Crippen molar-refractivity contribution in [2.45, 2.75) is 98.8 Å². The molecule has 0 spiro atoms. The second-order valence-electron chi connectivity index (χ2n) is 15.2. The Labute approximate surface area is 359 Å². The summed E-state index contributed by atoms with van der Waals surface area (Å²) in [5, 5.41) is 10.3. The number of aromatic amines is 2. The van der Waals surface area contributed by atoms with E-state index in [9.17, 15) is 33.4 Å². The third-order valence-corrected chi connectivity index (χ3v) is 17.6. The number of hydrogen-bond donors (Lipinski definition) is 3. The molecule has 0 aliphatic carbocycles. The quantitative estimate of drug-likeness (QED) is 0.0993. The van der Waals surface area contributed by atoms with E-state index in [1.54, 1.807) is 61.5 Å². The molecule has 3 aliphatic rings. The predicted octanol–water partition coefficient (Wildman–Crippen LogP) is 4.26. The van der Waals surface area contributed by atoms with E-state index >= 15 is 0 Å². The average molecular weight is 921 g/mol. The zero-order chi connectivity index (χ0) is 43.5. The van der Waals surface area contributed by atoms with E-state index < -0.39 is 85.7 Å². The Morgan fingerprint density at radius 1 is 0.705 bits per heavy atom. The Balaban J connectivity index is 1.08. The molecule has 11 atom stereocenters. The highest BCUT2D eigenvalue weighted by Gasteiger charge is 2.46. The van der Waals surface area contributed by atoms with Gasteiger partial charge in [0.15, 0.2) is 0 Å². The number of hydrogen-bond acceptors (Lipinski definition) is 16. The molecule has 7 rings (SSSR count). The second-order valence-corrected chi connectivity index (χ2v) is 23.0. The molecule has 2 unspecified atom stereocenters. The summed E-state index contributed by atoms with van der Waals surface area (Å²) in [5.41, 5.74) is -1.71. The van der Waals surface area contributed by atoms with Crippen LogP contribution in [0.1, 0.15) is 49.8 Å². The molecular formula is C38H47BN4O14P2S2. The first-order chi connectivity index (χ1) is 29.1. The first kappa shape index (κ1) is 45.7. The molecule has 61 heavy (non-hydrogen) atoms. The number of rotatable bonds is 17. The molecule has 0 saturated carbocycles. The van der Waals surface area contributed by atoms with Crippen molar-refractivity contribution in [3.63, 3.8) is 0 Å². The molecule has 2 aromatic carbocycles. The van der Waals surface area contributed by atoms with Crippen molar-refractivity contribution in [3.8, 4) is 0 Å². The minimum atomic E-state index is -4.19. The largest absolute Gasteiger partial charge is 0.394 e. The maximum absolute atomic E-state index is 14.8. The molecule has 18 nitrogen and oxygen atoms in total. The van der Waals surface area contributed by atoms with Gasteiger partial charge in [0.2, 0.25) is 0 Å². The van der Waals surface area contributed by atoms with Crippen LogP contribution in [0.5, 0.6) is 0 Å². The van der Waals surface area contributed by atoms with Crippen molar-refractivity contribution in [3.05, 3.63) is 126 Å². The first-order valence-corrected chi connectivity index (χ1v) is 25.6. The van der Waals surface area contributed by atoms with Gasteiger partial charge < -0.3 is 19.3 Å². The number of aliphatic hydroxyl groups is 1. The molecule has 3 saturated heterocycles. The number of nitrogens with zero attached hydrogens (tertiary/aromatic N) is 2. The lowest BCUT2D eigenvalue weighted by Crippen LogP contribution is -2.33. The van der Waals surface area contributed by atoms with Gasteiger partial charge in [0.25, 0.3) is 11.1 Å². The number of ether oxygens (including phenoxy) is 3. The summed E-state index contributed by atoms with van der Waals surface area (Å²) in [6, 6.07) is 17.4. The highest BCUT2D eigenvalue weighted by Crippen LogP contribution is 2.67. The minimum absolute atomic E-state index is 0.00936. The van der Waals surface area contributed by atoms with E-state index in [1.165, 1.54) is 28.5 Å². The molecule has 0 bridgehead atoms. The maximum Gasteiger partial charge on any atom is 0.394 e. The number of nitrogens with one attached hydrogen (secondary N) is 2. The monoisotopic (exact) mass is 920 g/mol. The van der Waals surface area contributed by atoms with Gasteiger partial charge in [-0.05, 0) is 79.6 Å². The Morgan fingerprint density at radius 2 is 1.16 bits per heavy atom. The van der Waals surface area contributed by atoms with E-state index in [-0.39, 0.29) is 37.1 Å². The summed E-state index contributed by atoms with van der Waals surface area (Å²) >= 11 is 1.76. The zero-order valence-corrected chi connectivity index (χ0v) is 37.1. The van der Waals surface area contributed by atoms with Gasteiger partial charge in [0, 0.05) is 45.7 Å². The number of H-pyrrole nitrogens is 2. The van der Waals surface area contributed by atoms with Crippen molar-refractivity contribution in [2.24, 2.45) is 5.92 Å². The molecule has 23 heteroatoms. The van der Waals surface area contributed by atoms with Crippen LogP contribution in [0.4, 0.5) is 0 Å². The predicted molar refractivity (Wildman–Crippen MR) is 229 cm³/mol. The molecule has 0 radical (unpaired) electrons. The second kappa shape index (κ2) is 19.6. The van der Waals surface area contributed by atoms with Gasteiger partial charge in [-0.25, -0.2) is 18.7 Å². The van der Waals surface area contributed by atoms with E-state index in [0.29, 0.717) is 28.2 Å².